The molecule has 0 radical (unpaired) electrons. The number of benzene rings is 1. The van der Waals surface area contributed by atoms with Crippen molar-refractivity contribution in [3.8, 4) is 11.5 Å². The van der Waals surface area contributed by atoms with Gasteiger partial charge in [-0.1, -0.05) is 17.3 Å². The van der Waals surface area contributed by atoms with Crippen LogP contribution in [0.2, 0.25) is 0 Å². The van der Waals surface area contributed by atoms with Gasteiger partial charge in [0.05, 0.1) is 5.56 Å². The van der Waals surface area contributed by atoms with E-state index in [1.54, 1.807) is 19.1 Å². The molecule has 3 N–H and O–H groups in total. The maximum absolute atomic E-state index is 12.8. The monoisotopic (exact) mass is 365 g/mol. The molecule has 1 amide bonds. The third-order valence-corrected chi connectivity index (χ3v) is 3.63. The summed E-state index contributed by atoms with van der Waals surface area (Å²) in [5, 5.41) is 6.23. The first-order chi connectivity index (χ1) is 12.3. The number of nitrogen functional groups attached to an aromatic ring is 1. The number of nitrogens with two attached hydrogens (primary N) is 1. The number of anilines is 1. The van der Waals surface area contributed by atoms with Crippen LogP contribution in [0.5, 0.6) is 0 Å². The van der Waals surface area contributed by atoms with Crippen molar-refractivity contribution in [1.29, 1.82) is 0 Å². The highest BCUT2D eigenvalue weighted by Gasteiger charge is 2.30. The Balaban J connectivity index is 1.79. The van der Waals surface area contributed by atoms with E-state index in [2.05, 4.69) is 10.5 Å². The zero-order valence-electron chi connectivity index (χ0n) is 13.6. The van der Waals surface area contributed by atoms with Crippen molar-refractivity contribution in [1.82, 2.24) is 10.5 Å². The van der Waals surface area contributed by atoms with Crippen molar-refractivity contribution in [3.05, 3.63) is 58.8 Å². The van der Waals surface area contributed by atoms with Gasteiger partial charge in [-0.15, -0.1) is 0 Å². The molecule has 0 aliphatic carbocycles. The summed E-state index contributed by atoms with van der Waals surface area (Å²) in [6.07, 6.45) is -4.46. The summed E-state index contributed by atoms with van der Waals surface area (Å²) in [5.74, 6) is 0.0601. The Hall–Kier alpha value is -3.23. The van der Waals surface area contributed by atoms with E-state index in [-0.39, 0.29) is 23.7 Å². The zero-order valence-corrected chi connectivity index (χ0v) is 13.6. The van der Waals surface area contributed by atoms with Gasteiger partial charge in [0.1, 0.15) is 11.3 Å². The third-order valence-electron chi connectivity index (χ3n) is 3.63. The number of nitrogens with zero attached hydrogens (tertiary/aromatic N) is 1. The molecule has 0 aliphatic rings. The zero-order chi connectivity index (χ0) is 18.9. The molecule has 26 heavy (non-hydrogen) atoms. The molecule has 2 aromatic heterocycles. The van der Waals surface area contributed by atoms with Crippen LogP contribution in [-0.2, 0) is 12.7 Å². The molecule has 0 atom stereocenters. The average molecular weight is 365 g/mol. The summed E-state index contributed by atoms with van der Waals surface area (Å²) in [5.41, 5.74) is 5.24. The lowest BCUT2D eigenvalue weighted by Crippen LogP contribution is -2.24. The summed E-state index contributed by atoms with van der Waals surface area (Å²) in [7, 11) is 0. The quantitative estimate of drug-likeness (QED) is 0.734. The molecule has 0 aliphatic heterocycles. The minimum atomic E-state index is -4.46. The van der Waals surface area contributed by atoms with E-state index in [0.717, 1.165) is 12.1 Å². The summed E-state index contributed by atoms with van der Waals surface area (Å²) in [6.45, 7) is 1.60. The Labute approximate surface area is 145 Å². The summed E-state index contributed by atoms with van der Waals surface area (Å²) in [4.78, 5) is 12.4. The van der Waals surface area contributed by atoms with Gasteiger partial charge in [-0.2, -0.15) is 13.2 Å². The predicted molar refractivity (Wildman–Crippen MR) is 86.0 cm³/mol. The van der Waals surface area contributed by atoms with E-state index in [9.17, 15) is 18.0 Å². The standard InChI is InChI=1S/C17H14F3N3O3/c1-9-5-6-12(25-9)14-13(15(21)26-23-14)16(24)22-8-10-3-2-4-11(7-10)17(18,19)20/h2-7H,8,21H2,1H3,(H,22,24). The largest absolute Gasteiger partial charge is 0.460 e. The van der Waals surface area contributed by atoms with Gasteiger partial charge in [0.15, 0.2) is 11.5 Å². The van der Waals surface area contributed by atoms with E-state index in [1.165, 1.54) is 12.1 Å². The van der Waals surface area contributed by atoms with Crippen molar-refractivity contribution in [3.63, 3.8) is 0 Å². The van der Waals surface area contributed by atoms with Gasteiger partial charge in [0, 0.05) is 6.54 Å². The van der Waals surface area contributed by atoms with E-state index in [0.29, 0.717) is 17.1 Å². The van der Waals surface area contributed by atoms with Crippen molar-refractivity contribution < 1.29 is 26.9 Å². The number of aromatic nitrogens is 1. The second-order valence-corrected chi connectivity index (χ2v) is 5.56. The number of amides is 1. The number of furan rings is 1. The van der Waals surface area contributed by atoms with Crippen LogP contribution in [0.1, 0.15) is 27.2 Å². The Morgan fingerprint density at radius 2 is 2.04 bits per heavy atom. The van der Waals surface area contributed by atoms with Crippen LogP contribution in [0, 0.1) is 6.92 Å². The van der Waals surface area contributed by atoms with Crippen molar-refractivity contribution in [2.45, 2.75) is 19.6 Å². The van der Waals surface area contributed by atoms with E-state index in [1.807, 2.05) is 0 Å². The highest BCUT2D eigenvalue weighted by atomic mass is 19.4. The molecule has 3 rings (SSSR count). The molecule has 1 aromatic carbocycles. The number of carbonyl (C=O) groups is 1. The molecule has 9 heteroatoms. The molecule has 0 unspecified atom stereocenters. The molecule has 3 aromatic rings. The highest BCUT2D eigenvalue weighted by molar-refractivity contribution is 6.03. The summed E-state index contributed by atoms with van der Waals surface area (Å²) >= 11 is 0. The van der Waals surface area contributed by atoms with Gasteiger partial charge in [0.2, 0.25) is 5.88 Å². The normalized spacial score (nSPS) is 11.5. The number of hydrogen-bond acceptors (Lipinski definition) is 5. The average Bonchev–Trinajstić information content (AvgIpc) is 3.18. The molecular weight excluding hydrogens is 351 g/mol. The molecule has 2 heterocycles. The van der Waals surface area contributed by atoms with Crippen LogP contribution in [0.25, 0.3) is 11.5 Å². The van der Waals surface area contributed by atoms with Crippen LogP contribution in [0.4, 0.5) is 19.1 Å². The molecule has 6 nitrogen and oxygen atoms in total. The smallest absolute Gasteiger partial charge is 0.416 e. The number of carbonyl (C=O) groups excluding carboxylic acids is 1. The first-order valence-corrected chi connectivity index (χ1v) is 7.52. The van der Waals surface area contributed by atoms with E-state index in [4.69, 9.17) is 14.7 Å². The van der Waals surface area contributed by atoms with Gasteiger partial charge in [-0.3, -0.25) is 4.79 Å². The minimum Gasteiger partial charge on any atom is -0.460 e. The second-order valence-electron chi connectivity index (χ2n) is 5.56. The summed E-state index contributed by atoms with van der Waals surface area (Å²) in [6, 6.07) is 7.97. The molecule has 0 saturated carbocycles. The Kier molecular flexibility index (Phi) is 4.45. The number of rotatable bonds is 4. The Bertz CT molecular complexity index is 944. The molecule has 0 spiro atoms. The molecular formula is C17H14F3N3O3. The van der Waals surface area contributed by atoms with Crippen LogP contribution in [0.3, 0.4) is 0 Å². The summed E-state index contributed by atoms with van der Waals surface area (Å²) < 4.78 is 48.5. The lowest BCUT2D eigenvalue weighted by molar-refractivity contribution is -0.137. The van der Waals surface area contributed by atoms with Gasteiger partial charge in [-0.05, 0) is 36.8 Å². The van der Waals surface area contributed by atoms with E-state index < -0.39 is 17.6 Å². The van der Waals surface area contributed by atoms with Gasteiger partial charge >= 0.3 is 6.18 Å². The maximum atomic E-state index is 12.8. The number of halogens is 3. The molecule has 0 fully saturated rings. The topological polar surface area (TPSA) is 94.3 Å². The fourth-order valence-electron chi connectivity index (χ4n) is 2.38. The maximum Gasteiger partial charge on any atom is 0.416 e. The molecule has 0 saturated heterocycles. The number of hydrogen-bond donors (Lipinski definition) is 2. The first kappa shape index (κ1) is 17.6. The fraction of sp³-hybridized carbons (Fsp3) is 0.176. The third kappa shape index (κ3) is 3.56. The van der Waals surface area contributed by atoms with Gasteiger partial charge in [-0.25, -0.2) is 0 Å². The lowest BCUT2D eigenvalue weighted by atomic mass is 10.1. The van der Waals surface area contributed by atoms with Crippen molar-refractivity contribution >= 4 is 11.8 Å². The first-order valence-electron chi connectivity index (χ1n) is 7.52. The van der Waals surface area contributed by atoms with Gasteiger partial charge in [0.25, 0.3) is 5.91 Å². The lowest BCUT2D eigenvalue weighted by Gasteiger charge is -2.09. The van der Waals surface area contributed by atoms with Gasteiger partial charge < -0.3 is 20.0 Å². The molecule has 0 bridgehead atoms. The number of nitrogens with one attached hydrogen (secondary N) is 1. The van der Waals surface area contributed by atoms with Crippen LogP contribution < -0.4 is 11.1 Å². The molecule has 136 valence electrons. The number of aryl methyl sites for hydroxylation is 1. The van der Waals surface area contributed by atoms with Crippen molar-refractivity contribution in [2.24, 2.45) is 0 Å². The Morgan fingerprint density at radius 1 is 1.27 bits per heavy atom. The van der Waals surface area contributed by atoms with E-state index >= 15 is 0 Å². The highest BCUT2D eigenvalue weighted by Crippen LogP contribution is 2.30. The Morgan fingerprint density at radius 3 is 2.69 bits per heavy atom. The minimum absolute atomic E-state index is 0.0358. The second kappa shape index (κ2) is 6.58. The number of alkyl halides is 3. The van der Waals surface area contributed by atoms with Crippen LogP contribution >= 0.6 is 0 Å². The van der Waals surface area contributed by atoms with Crippen LogP contribution in [-0.4, -0.2) is 11.1 Å². The van der Waals surface area contributed by atoms with Crippen molar-refractivity contribution in [2.75, 3.05) is 5.73 Å². The SMILES string of the molecule is Cc1ccc(-c2noc(N)c2C(=O)NCc2cccc(C(F)(F)F)c2)o1. The van der Waals surface area contributed by atoms with Crippen LogP contribution in [0.15, 0.2) is 45.3 Å². The predicted octanol–water partition coefficient (Wildman–Crippen LogP) is 3.77. The fourth-order valence-corrected chi connectivity index (χ4v) is 2.38.